The highest BCUT2D eigenvalue weighted by Crippen LogP contribution is 2.38. The average Bonchev–Trinajstić information content (AvgIpc) is 2.73. The number of aliphatic hydroxyl groups is 2. The number of aliphatic hydroxyl groups excluding tert-OH is 1. The summed E-state index contributed by atoms with van der Waals surface area (Å²) < 4.78 is 39.3. The van der Waals surface area contributed by atoms with Crippen molar-refractivity contribution in [2.24, 2.45) is 0 Å². The number of rotatable bonds is 3. The van der Waals surface area contributed by atoms with Gasteiger partial charge in [-0.05, 0) is 36.6 Å². The van der Waals surface area contributed by atoms with Gasteiger partial charge in [-0.25, -0.2) is 4.31 Å². The first kappa shape index (κ1) is 15.9. The number of halogens is 4. The number of nitrogens with zero attached hydrogens (tertiary/aromatic N) is 1. The predicted molar refractivity (Wildman–Crippen MR) is 70.5 cm³/mol. The molecule has 3 nitrogen and oxygen atoms in total. The van der Waals surface area contributed by atoms with E-state index in [1.54, 1.807) is 4.31 Å². The Labute approximate surface area is 123 Å². The van der Waals surface area contributed by atoms with E-state index in [2.05, 4.69) is 0 Å². The molecule has 0 bridgehead atoms. The fourth-order valence-electron chi connectivity index (χ4n) is 1.92. The van der Waals surface area contributed by atoms with Crippen molar-refractivity contribution in [2.45, 2.75) is 23.1 Å². The van der Waals surface area contributed by atoms with Gasteiger partial charge in [0.1, 0.15) is 5.60 Å². The second-order valence-corrected chi connectivity index (χ2v) is 6.28. The van der Waals surface area contributed by atoms with Crippen molar-refractivity contribution in [2.75, 3.05) is 19.7 Å². The van der Waals surface area contributed by atoms with Gasteiger partial charge in [-0.3, -0.25) is 0 Å². The zero-order chi connectivity index (χ0) is 15.0. The molecule has 1 aliphatic heterocycles. The summed E-state index contributed by atoms with van der Waals surface area (Å²) in [6, 6.07) is 3.17. The van der Waals surface area contributed by atoms with Gasteiger partial charge < -0.3 is 10.2 Å². The van der Waals surface area contributed by atoms with Crippen LogP contribution in [0.25, 0.3) is 0 Å². The van der Waals surface area contributed by atoms with Gasteiger partial charge in [0.05, 0.1) is 17.2 Å². The van der Waals surface area contributed by atoms with E-state index in [1.807, 2.05) is 0 Å². The van der Waals surface area contributed by atoms with Gasteiger partial charge in [-0.15, -0.1) is 0 Å². The summed E-state index contributed by atoms with van der Waals surface area (Å²) in [5, 5.41) is 19.0. The van der Waals surface area contributed by atoms with Crippen molar-refractivity contribution < 1.29 is 23.4 Å². The first-order valence-electron chi connectivity index (χ1n) is 5.86. The van der Waals surface area contributed by atoms with Crippen LogP contribution in [-0.4, -0.2) is 39.8 Å². The van der Waals surface area contributed by atoms with Crippen LogP contribution in [0.2, 0.25) is 5.02 Å². The van der Waals surface area contributed by atoms with Crippen molar-refractivity contribution in [3.05, 3.63) is 28.8 Å². The summed E-state index contributed by atoms with van der Waals surface area (Å²) in [5.41, 5.74) is -1.94. The maximum atomic E-state index is 12.5. The highest BCUT2D eigenvalue weighted by atomic mass is 35.5. The molecule has 1 unspecified atom stereocenters. The van der Waals surface area contributed by atoms with Crippen LogP contribution in [0.4, 0.5) is 13.2 Å². The lowest BCUT2D eigenvalue weighted by Crippen LogP contribution is -2.35. The third-order valence-electron chi connectivity index (χ3n) is 3.08. The minimum absolute atomic E-state index is 0.0178. The number of hydrogen-bond donors (Lipinski definition) is 2. The molecule has 8 heteroatoms. The molecule has 1 aliphatic rings. The zero-order valence-electron chi connectivity index (χ0n) is 10.3. The summed E-state index contributed by atoms with van der Waals surface area (Å²) in [6.45, 7) is 0.426. The number of benzene rings is 1. The SMILES string of the molecule is OCC1(O)CCN(Sc2ccc(C(F)(F)F)cc2Cl)C1. The molecule has 0 spiro atoms. The van der Waals surface area contributed by atoms with Crippen molar-refractivity contribution in [1.29, 1.82) is 0 Å². The molecule has 0 aliphatic carbocycles. The second-order valence-electron chi connectivity index (χ2n) is 4.73. The Morgan fingerprint density at radius 2 is 2.10 bits per heavy atom. The van der Waals surface area contributed by atoms with Gasteiger partial charge in [0.15, 0.2) is 0 Å². The largest absolute Gasteiger partial charge is 0.416 e. The standard InChI is InChI=1S/C12H13ClF3NO2S/c13-9-5-8(12(14,15)16)1-2-10(9)20-17-4-3-11(19,6-17)7-18/h1-2,5,18-19H,3-4,6-7H2. The van der Waals surface area contributed by atoms with Gasteiger partial charge in [-0.1, -0.05) is 11.6 Å². The van der Waals surface area contributed by atoms with E-state index < -0.39 is 17.3 Å². The van der Waals surface area contributed by atoms with Crippen LogP contribution in [-0.2, 0) is 6.18 Å². The summed E-state index contributed by atoms with van der Waals surface area (Å²) in [4.78, 5) is 0.488. The minimum atomic E-state index is -4.42. The molecule has 1 fully saturated rings. The fraction of sp³-hybridized carbons (Fsp3) is 0.500. The minimum Gasteiger partial charge on any atom is -0.393 e. The maximum absolute atomic E-state index is 12.5. The lowest BCUT2D eigenvalue weighted by atomic mass is 10.1. The quantitative estimate of drug-likeness (QED) is 0.838. The molecule has 0 saturated carbocycles. The van der Waals surface area contributed by atoms with E-state index in [9.17, 15) is 18.3 Å². The van der Waals surface area contributed by atoms with Gasteiger partial charge in [0.2, 0.25) is 0 Å². The van der Waals surface area contributed by atoms with Crippen LogP contribution in [0.15, 0.2) is 23.1 Å². The second kappa shape index (κ2) is 5.73. The molecule has 0 aromatic heterocycles. The monoisotopic (exact) mass is 327 g/mol. The van der Waals surface area contributed by atoms with E-state index in [-0.39, 0.29) is 18.2 Å². The molecular formula is C12H13ClF3NO2S. The van der Waals surface area contributed by atoms with Crippen LogP contribution >= 0.6 is 23.5 Å². The molecule has 0 radical (unpaired) electrons. The van der Waals surface area contributed by atoms with Crippen molar-refractivity contribution in [3.63, 3.8) is 0 Å². The van der Waals surface area contributed by atoms with Gasteiger partial charge in [0, 0.05) is 18.0 Å². The van der Waals surface area contributed by atoms with Crippen LogP contribution in [0.5, 0.6) is 0 Å². The Hall–Kier alpha value is -0.470. The number of hydrogen-bond acceptors (Lipinski definition) is 4. The van der Waals surface area contributed by atoms with E-state index in [0.717, 1.165) is 12.1 Å². The lowest BCUT2D eigenvalue weighted by molar-refractivity contribution is -0.137. The third-order valence-corrected chi connectivity index (χ3v) is 4.63. The third kappa shape index (κ3) is 3.59. The first-order valence-corrected chi connectivity index (χ1v) is 7.01. The zero-order valence-corrected chi connectivity index (χ0v) is 11.9. The van der Waals surface area contributed by atoms with Crippen LogP contribution < -0.4 is 0 Å². The molecule has 1 atom stereocenters. The highest BCUT2D eigenvalue weighted by molar-refractivity contribution is 7.97. The van der Waals surface area contributed by atoms with Crippen molar-refractivity contribution in [1.82, 2.24) is 4.31 Å². The molecule has 1 aromatic rings. The molecule has 2 N–H and O–H groups in total. The Kier molecular flexibility index (Phi) is 4.56. The topological polar surface area (TPSA) is 43.7 Å². The molecule has 0 amide bonds. The maximum Gasteiger partial charge on any atom is 0.416 e. The Morgan fingerprint density at radius 1 is 1.40 bits per heavy atom. The summed E-state index contributed by atoms with van der Waals surface area (Å²) in [6.07, 6.45) is -4.01. The molecule has 20 heavy (non-hydrogen) atoms. The van der Waals surface area contributed by atoms with E-state index >= 15 is 0 Å². The molecule has 1 saturated heterocycles. The van der Waals surface area contributed by atoms with E-state index in [1.165, 1.54) is 18.0 Å². The molecule has 1 aromatic carbocycles. The van der Waals surface area contributed by atoms with Gasteiger partial charge in [-0.2, -0.15) is 13.2 Å². The molecule has 2 rings (SSSR count). The summed E-state index contributed by atoms with van der Waals surface area (Å²) >= 11 is 7.04. The van der Waals surface area contributed by atoms with Crippen molar-refractivity contribution in [3.8, 4) is 0 Å². The molecule has 1 heterocycles. The molecule has 112 valence electrons. The van der Waals surface area contributed by atoms with Crippen LogP contribution in [0.1, 0.15) is 12.0 Å². The summed E-state index contributed by atoms with van der Waals surface area (Å²) in [7, 11) is 0. The highest BCUT2D eigenvalue weighted by Gasteiger charge is 2.36. The molecular weight excluding hydrogens is 315 g/mol. The number of β-amino-alcohol motifs (C(OH)–C–C–N with tert-alkyl or cyclic N) is 1. The lowest BCUT2D eigenvalue weighted by Gasteiger charge is -2.20. The Morgan fingerprint density at radius 3 is 2.60 bits per heavy atom. The Bertz CT molecular complexity index is 500. The van der Waals surface area contributed by atoms with Crippen molar-refractivity contribution >= 4 is 23.5 Å². The normalized spacial score (nSPS) is 24.3. The average molecular weight is 328 g/mol. The van der Waals surface area contributed by atoms with Gasteiger partial charge in [0.25, 0.3) is 0 Å². The van der Waals surface area contributed by atoms with E-state index in [4.69, 9.17) is 16.7 Å². The number of alkyl halides is 3. The van der Waals surface area contributed by atoms with Crippen LogP contribution in [0, 0.1) is 0 Å². The van der Waals surface area contributed by atoms with Gasteiger partial charge >= 0.3 is 6.18 Å². The smallest absolute Gasteiger partial charge is 0.393 e. The summed E-state index contributed by atoms with van der Waals surface area (Å²) in [5.74, 6) is 0. The fourth-order valence-corrected chi connectivity index (χ4v) is 3.24. The van der Waals surface area contributed by atoms with Crippen LogP contribution in [0.3, 0.4) is 0 Å². The first-order chi connectivity index (χ1) is 9.23. The predicted octanol–water partition coefficient (Wildman–Crippen LogP) is 2.80. The Balaban J connectivity index is 2.08. The van der Waals surface area contributed by atoms with E-state index in [0.29, 0.717) is 17.9 Å².